The summed E-state index contributed by atoms with van der Waals surface area (Å²) >= 11 is 0. The minimum Gasteiger partial charge on any atom is -0.377 e. The highest BCUT2D eigenvalue weighted by atomic mass is 16.5. The van der Waals surface area contributed by atoms with Crippen LogP contribution in [0, 0.1) is 0 Å². The predicted molar refractivity (Wildman–Crippen MR) is 70.8 cm³/mol. The molecule has 3 aliphatic rings. The fraction of sp³-hybridized carbons (Fsp3) is 1.00. The second kappa shape index (κ2) is 6.33. The van der Waals surface area contributed by atoms with Gasteiger partial charge in [0, 0.05) is 12.6 Å². The minimum absolute atomic E-state index is 0.338. The fourth-order valence-corrected chi connectivity index (χ4v) is 3.41. The van der Waals surface area contributed by atoms with Crippen molar-refractivity contribution in [3.63, 3.8) is 0 Å². The molecule has 104 valence electrons. The summed E-state index contributed by atoms with van der Waals surface area (Å²) in [5.74, 6) is 0. The number of rotatable bonds is 5. The van der Waals surface area contributed by atoms with Crippen molar-refractivity contribution in [2.24, 2.45) is 0 Å². The first kappa shape index (κ1) is 12.9. The summed E-state index contributed by atoms with van der Waals surface area (Å²) in [6.07, 6.45) is 7.09. The third-order valence-corrected chi connectivity index (χ3v) is 4.51. The van der Waals surface area contributed by atoms with Crippen molar-refractivity contribution in [2.75, 3.05) is 39.4 Å². The highest BCUT2D eigenvalue weighted by Crippen LogP contribution is 2.25. The Labute approximate surface area is 110 Å². The number of nitrogens with one attached hydrogen (secondary N) is 1. The third kappa shape index (κ3) is 3.23. The smallest absolute Gasteiger partial charge is 0.0813 e. The van der Waals surface area contributed by atoms with Crippen molar-refractivity contribution in [2.45, 2.75) is 50.4 Å². The lowest BCUT2D eigenvalue weighted by Crippen LogP contribution is -2.42. The first-order chi connectivity index (χ1) is 8.92. The Bertz CT molecular complexity index is 256. The van der Waals surface area contributed by atoms with Crippen molar-refractivity contribution < 1.29 is 9.47 Å². The lowest BCUT2D eigenvalue weighted by atomic mass is 10.0. The maximum Gasteiger partial charge on any atom is 0.0813 e. The molecule has 4 heteroatoms. The maximum atomic E-state index is 6.08. The summed E-state index contributed by atoms with van der Waals surface area (Å²) < 4.78 is 11.9. The molecular weight excluding hydrogens is 228 g/mol. The van der Waals surface area contributed by atoms with Crippen LogP contribution in [0.1, 0.15) is 32.1 Å². The molecule has 1 N–H and O–H groups in total. The summed E-state index contributed by atoms with van der Waals surface area (Å²) in [4.78, 5) is 2.50. The molecule has 0 aliphatic carbocycles. The lowest BCUT2D eigenvalue weighted by Gasteiger charge is -2.32. The van der Waals surface area contributed by atoms with E-state index in [4.69, 9.17) is 9.47 Å². The zero-order valence-electron chi connectivity index (χ0n) is 11.3. The molecule has 3 fully saturated rings. The van der Waals surface area contributed by atoms with E-state index in [2.05, 4.69) is 10.2 Å². The van der Waals surface area contributed by atoms with Gasteiger partial charge in [-0.15, -0.1) is 0 Å². The van der Waals surface area contributed by atoms with Crippen LogP contribution in [0.15, 0.2) is 0 Å². The van der Waals surface area contributed by atoms with Crippen LogP contribution in [-0.2, 0) is 9.47 Å². The van der Waals surface area contributed by atoms with Crippen LogP contribution >= 0.6 is 0 Å². The van der Waals surface area contributed by atoms with Crippen LogP contribution < -0.4 is 5.32 Å². The standard InChI is InChI=1S/C14H26N2O2/c1-2-8-16(7-1)9-10-17-11-12-3-4-13-14(18-12)5-6-15-13/h12-15H,1-11H2/t12-,13-,14-/m1/s1. The normalized spacial score (nSPS) is 37.0. The Balaban J connectivity index is 1.29. The summed E-state index contributed by atoms with van der Waals surface area (Å²) in [7, 11) is 0. The molecule has 3 saturated heterocycles. The van der Waals surface area contributed by atoms with Gasteiger partial charge < -0.3 is 19.7 Å². The molecule has 18 heavy (non-hydrogen) atoms. The lowest BCUT2D eigenvalue weighted by molar-refractivity contribution is -0.0892. The average Bonchev–Trinajstić information content (AvgIpc) is 3.05. The molecule has 0 radical (unpaired) electrons. The Morgan fingerprint density at radius 1 is 1.17 bits per heavy atom. The van der Waals surface area contributed by atoms with Gasteiger partial charge in [0.15, 0.2) is 0 Å². The molecule has 0 bridgehead atoms. The maximum absolute atomic E-state index is 6.08. The number of hydrogen-bond acceptors (Lipinski definition) is 4. The molecule has 3 aliphatic heterocycles. The summed E-state index contributed by atoms with van der Waals surface area (Å²) in [5, 5.41) is 3.51. The monoisotopic (exact) mass is 254 g/mol. The van der Waals surface area contributed by atoms with Crippen LogP contribution in [0.2, 0.25) is 0 Å². The van der Waals surface area contributed by atoms with Crippen molar-refractivity contribution in [1.82, 2.24) is 10.2 Å². The van der Waals surface area contributed by atoms with Gasteiger partial charge in [-0.1, -0.05) is 0 Å². The van der Waals surface area contributed by atoms with Crippen LogP contribution in [-0.4, -0.2) is 62.5 Å². The van der Waals surface area contributed by atoms with Gasteiger partial charge in [0.1, 0.15) is 0 Å². The van der Waals surface area contributed by atoms with E-state index < -0.39 is 0 Å². The van der Waals surface area contributed by atoms with Crippen LogP contribution in [0.3, 0.4) is 0 Å². The van der Waals surface area contributed by atoms with E-state index in [1.54, 1.807) is 0 Å². The second-order valence-corrected chi connectivity index (χ2v) is 5.85. The van der Waals surface area contributed by atoms with Crippen LogP contribution in [0.4, 0.5) is 0 Å². The van der Waals surface area contributed by atoms with E-state index in [1.807, 2.05) is 0 Å². The van der Waals surface area contributed by atoms with Crippen molar-refractivity contribution >= 4 is 0 Å². The number of nitrogens with zero attached hydrogens (tertiary/aromatic N) is 1. The topological polar surface area (TPSA) is 33.7 Å². The van der Waals surface area contributed by atoms with Gasteiger partial charge in [0.25, 0.3) is 0 Å². The SMILES string of the molecule is C1CCN(CCOC[C@H]2CC[C@H]3NCC[C@H]3O2)C1. The molecular formula is C14H26N2O2. The predicted octanol–water partition coefficient (Wildman–Crippen LogP) is 1.01. The van der Waals surface area contributed by atoms with Crippen molar-refractivity contribution in [3.05, 3.63) is 0 Å². The zero-order valence-corrected chi connectivity index (χ0v) is 11.3. The molecule has 3 rings (SSSR count). The molecule has 3 heterocycles. The summed E-state index contributed by atoms with van der Waals surface area (Å²) in [6, 6.07) is 0.617. The highest BCUT2D eigenvalue weighted by Gasteiger charge is 2.34. The number of ether oxygens (including phenoxy) is 2. The van der Waals surface area contributed by atoms with Crippen LogP contribution in [0.5, 0.6) is 0 Å². The number of fused-ring (bicyclic) bond motifs is 1. The van der Waals surface area contributed by atoms with Gasteiger partial charge in [-0.25, -0.2) is 0 Å². The van der Waals surface area contributed by atoms with Gasteiger partial charge in [-0.3, -0.25) is 0 Å². The van der Waals surface area contributed by atoms with E-state index in [9.17, 15) is 0 Å². The molecule has 4 nitrogen and oxygen atoms in total. The molecule has 3 atom stereocenters. The first-order valence-electron chi connectivity index (χ1n) is 7.61. The number of hydrogen-bond donors (Lipinski definition) is 1. The van der Waals surface area contributed by atoms with Crippen LogP contribution in [0.25, 0.3) is 0 Å². The second-order valence-electron chi connectivity index (χ2n) is 5.85. The Morgan fingerprint density at radius 2 is 2.06 bits per heavy atom. The summed E-state index contributed by atoms with van der Waals surface area (Å²) in [5.41, 5.74) is 0. The quantitative estimate of drug-likeness (QED) is 0.742. The van der Waals surface area contributed by atoms with Gasteiger partial charge >= 0.3 is 0 Å². The van der Waals surface area contributed by atoms with E-state index in [-0.39, 0.29) is 0 Å². The van der Waals surface area contributed by atoms with Gasteiger partial charge in [0.2, 0.25) is 0 Å². The zero-order chi connectivity index (χ0) is 12.2. The van der Waals surface area contributed by atoms with Crippen molar-refractivity contribution in [3.8, 4) is 0 Å². The van der Waals surface area contributed by atoms with Gasteiger partial charge in [-0.2, -0.15) is 0 Å². The largest absolute Gasteiger partial charge is 0.377 e. The van der Waals surface area contributed by atoms with E-state index in [0.717, 1.165) is 32.7 Å². The molecule has 0 amide bonds. The third-order valence-electron chi connectivity index (χ3n) is 4.51. The molecule has 0 saturated carbocycles. The molecule has 0 unspecified atom stereocenters. The van der Waals surface area contributed by atoms with E-state index in [1.165, 1.54) is 38.8 Å². The van der Waals surface area contributed by atoms with E-state index in [0.29, 0.717) is 18.2 Å². The molecule has 0 aromatic carbocycles. The number of likely N-dealkylation sites (tertiary alicyclic amines) is 1. The van der Waals surface area contributed by atoms with E-state index >= 15 is 0 Å². The fourth-order valence-electron chi connectivity index (χ4n) is 3.41. The Kier molecular flexibility index (Phi) is 4.52. The van der Waals surface area contributed by atoms with Gasteiger partial charge in [-0.05, 0) is 51.7 Å². The summed E-state index contributed by atoms with van der Waals surface area (Å²) in [6.45, 7) is 6.40. The minimum atomic E-state index is 0.338. The highest BCUT2D eigenvalue weighted by molar-refractivity contribution is 4.89. The Hall–Kier alpha value is -0.160. The first-order valence-corrected chi connectivity index (χ1v) is 7.61. The van der Waals surface area contributed by atoms with Gasteiger partial charge in [0.05, 0.1) is 25.4 Å². The molecule has 0 aromatic rings. The average molecular weight is 254 g/mol. The molecule has 0 spiro atoms. The van der Waals surface area contributed by atoms with Crippen molar-refractivity contribution in [1.29, 1.82) is 0 Å². The Morgan fingerprint density at radius 3 is 2.94 bits per heavy atom. The molecule has 0 aromatic heterocycles.